The minimum atomic E-state index is -0.218. The van der Waals surface area contributed by atoms with Crippen LogP contribution < -0.4 is 15.4 Å². The lowest BCUT2D eigenvalue weighted by Gasteiger charge is -2.09. The number of carbonyl (C=O) groups excluding carboxylic acids is 2. The predicted molar refractivity (Wildman–Crippen MR) is 86.4 cm³/mol. The molecule has 5 nitrogen and oxygen atoms in total. The van der Waals surface area contributed by atoms with E-state index in [1.54, 1.807) is 35.6 Å². The molecule has 1 heterocycles. The van der Waals surface area contributed by atoms with Gasteiger partial charge >= 0.3 is 0 Å². The third kappa shape index (κ3) is 4.60. The lowest BCUT2D eigenvalue weighted by Crippen LogP contribution is -2.35. The number of amides is 2. The van der Waals surface area contributed by atoms with Gasteiger partial charge in [0.2, 0.25) is 5.91 Å². The van der Waals surface area contributed by atoms with E-state index in [1.807, 2.05) is 17.5 Å². The van der Waals surface area contributed by atoms with Crippen molar-refractivity contribution in [3.63, 3.8) is 0 Å². The maximum atomic E-state index is 12.0. The van der Waals surface area contributed by atoms with Gasteiger partial charge in [0.1, 0.15) is 5.75 Å². The van der Waals surface area contributed by atoms with Gasteiger partial charge in [-0.25, -0.2) is 0 Å². The first-order valence-electron chi connectivity index (χ1n) is 6.91. The Bertz CT molecular complexity index is 626. The Labute approximate surface area is 133 Å². The fraction of sp³-hybridized carbons (Fsp3) is 0.250. The van der Waals surface area contributed by atoms with Crippen LogP contribution in [0, 0.1) is 0 Å². The molecule has 2 rings (SSSR count). The third-order valence-electron chi connectivity index (χ3n) is 3.00. The minimum Gasteiger partial charge on any atom is -0.496 e. The first-order valence-corrected chi connectivity index (χ1v) is 7.79. The highest BCUT2D eigenvalue weighted by molar-refractivity contribution is 7.10. The van der Waals surface area contributed by atoms with Crippen molar-refractivity contribution in [1.29, 1.82) is 0 Å². The highest BCUT2D eigenvalue weighted by atomic mass is 32.1. The maximum absolute atomic E-state index is 12.0. The number of nitrogens with one attached hydrogen (secondary N) is 2. The molecule has 0 aliphatic rings. The molecule has 0 saturated heterocycles. The van der Waals surface area contributed by atoms with Crippen LogP contribution >= 0.6 is 11.3 Å². The van der Waals surface area contributed by atoms with Crippen LogP contribution in [-0.2, 0) is 11.2 Å². The molecule has 2 N–H and O–H groups in total. The average molecular weight is 318 g/mol. The summed E-state index contributed by atoms with van der Waals surface area (Å²) in [5.41, 5.74) is 0.481. The number of hydrogen-bond donors (Lipinski definition) is 2. The molecule has 2 amide bonds. The molecular weight excluding hydrogens is 300 g/mol. The normalized spacial score (nSPS) is 10.0. The van der Waals surface area contributed by atoms with Crippen LogP contribution in [0.25, 0.3) is 0 Å². The van der Waals surface area contributed by atoms with E-state index in [-0.39, 0.29) is 11.8 Å². The number of ether oxygens (including phenoxy) is 1. The van der Waals surface area contributed by atoms with Crippen LogP contribution in [0.2, 0.25) is 0 Å². The van der Waals surface area contributed by atoms with Gasteiger partial charge in [-0.15, -0.1) is 11.3 Å². The Balaban J connectivity index is 1.72. The zero-order valence-electron chi connectivity index (χ0n) is 12.3. The first kappa shape index (κ1) is 16.0. The Morgan fingerprint density at radius 1 is 1.09 bits per heavy atom. The van der Waals surface area contributed by atoms with Crippen LogP contribution in [0.4, 0.5) is 0 Å². The lowest BCUT2D eigenvalue weighted by molar-refractivity contribution is -0.120. The van der Waals surface area contributed by atoms with Crippen molar-refractivity contribution in [1.82, 2.24) is 10.6 Å². The molecule has 0 aliphatic heterocycles. The van der Waals surface area contributed by atoms with Crippen LogP contribution in [0.3, 0.4) is 0 Å². The summed E-state index contributed by atoms with van der Waals surface area (Å²) >= 11 is 1.55. The van der Waals surface area contributed by atoms with Crippen molar-refractivity contribution in [3.05, 3.63) is 52.2 Å². The highest BCUT2D eigenvalue weighted by Gasteiger charge is 2.10. The van der Waals surface area contributed by atoms with E-state index in [9.17, 15) is 9.59 Å². The maximum Gasteiger partial charge on any atom is 0.255 e. The number of rotatable bonds is 7. The molecule has 0 bridgehead atoms. The lowest BCUT2D eigenvalue weighted by atomic mass is 10.2. The summed E-state index contributed by atoms with van der Waals surface area (Å²) in [6.07, 6.45) is 0.373. The Morgan fingerprint density at radius 2 is 1.86 bits per heavy atom. The standard InChI is InChI=1S/C16H18N2O3S/c1-21-14-7-3-2-6-13(14)16(20)18-9-8-17-15(19)11-12-5-4-10-22-12/h2-7,10H,8-9,11H2,1H3,(H,17,19)(H,18,20). The van der Waals surface area contributed by atoms with Crippen molar-refractivity contribution in [2.24, 2.45) is 0 Å². The molecule has 0 unspecified atom stereocenters. The summed E-state index contributed by atoms with van der Waals surface area (Å²) in [4.78, 5) is 24.7. The number of hydrogen-bond acceptors (Lipinski definition) is 4. The van der Waals surface area contributed by atoms with Gasteiger partial charge in [-0.1, -0.05) is 18.2 Å². The van der Waals surface area contributed by atoms with E-state index < -0.39 is 0 Å². The third-order valence-corrected chi connectivity index (χ3v) is 3.88. The van der Waals surface area contributed by atoms with Crippen LogP contribution in [0.1, 0.15) is 15.2 Å². The van der Waals surface area contributed by atoms with Gasteiger partial charge in [0.25, 0.3) is 5.91 Å². The Hall–Kier alpha value is -2.34. The summed E-state index contributed by atoms with van der Waals surface area (Å²) < 4.78 is 5.14. The monoisotopic (exact) mass is 318 g/mol. The summed E-state index contributed by atoms with van der Waals surface area (Å²) in [5.74, 6) is 0.265. The van der Waals surface area contributed by atoms with Gasteiger partial charge in [0, 0.05) is 18.0 Å². The second-order valence-electron chi connectivity index (χ2n) is 4.56. The SMILES string of the molecule is COc1ccccc1C(=O)NCCNC(=O)Cc1cccs1. The molecule has 0 saturated carbocycles. The molecular formula is C16H18N2O3S. The van der Waals surface area contributed by atoms with E-state index in [4.69, 9.17) is 4.74 Å². The van der Waals surface area contributed by atoms with Crippen LogP contribution in [0.5, 0.6) is 5.75 Å². The molecule has 0 atom stereocenters. The van der Waals surface area contributed by atoms with Crippen molar-refractivity contribution in [3.8, 4) is 5.75 Å². The molecule has 6 heteroatoms. The van der Waals surface area contributed by atoms with E-state index in [1.165, 1.54) is 7.11 Å². The summed E-state index contributed by atoms with van der Waals surface area (Å²) in [6, 6.07) is 10.9. The van der Waals surface area contributed by atoms with Gasteiger partial charge in [0.15, 0.2) is 0 Å². The van der Waals surface area contributed by atoms with Crippen molar-refractivity contribution < 1.29 is 14.3 Å². The smallest absolute Gasteiger partial charge is 0.255 e. The summed E-state index contributed by atoms with van der Waals surface area (Å²) in [6.45, 7) is 0.762. The number of para-hydroxylation sites is 1. The quantitative estimate of drug-likeness (QED) is 0.766. The molecule has 0 fully saturated rings. The van der Waals surface area contributed by atoms with Crippen molar-refractivity contribution in [2.45, 2.75) is 6.42 Å². The zero-order chi connectivity index (χ0) is 15.8. The predicted octanol–water partition coefficient (Wildman–Crippen LogP) is 1.85. The van der Waals surface area contributed by atoms with E-state index >= 15 is 0 Å². The van der Waals surface area contributed by atoms with Gasteiger partial charge in [-0.05, 0) is 23.6 Å². The first-order chi connectivity index (χ1) is 10.7. The molecule has 22 heavy (non-hydrogen) atoms. The molecule has 0 radical (unpaired) electrons. The summed E-state index contributed by atoms with van der Waals surface area (Å²) in [7, 11) is 1.52. The Morgan fingerprint density at radius 3 is 2.59 bits per heavy atom. The molecule has 0 aliphatic carbocycles. The molecule has 0 spiro atoms. The number of thiophene rings is 1. The second-order valence-corrected chi connectivity index (χ2v) is 5.59. The fourth-order valence-corrected chi connectivity index (χ4v) is 2.64. The van der Waals surface area contributed by atoms with Gasteiger partial charge in [0.05, 0.1) is 19.1 Å². The summed E-state index contributed by atoms with van der Waals surface area (Å²) in [5, 5.41) is 7.48. The largest absolute Gasteiger partial charge is 0.496 e. The number of benzene rings is 1. The average Bonchev–Trinajstić information content (AvgIpc) is 3.04. The molecule has 2 aromatic rings. The van der Waals surface area contributed by atoms with Gasteiger partial charge in [-0.2, -0.15) is 0 Å². The fourth-order valence-electron chi connectivity index (χ4n) is 1.94. The second kappa shape index (κ2) is 8.19. The molecule has 1 aromatic carbocycles. The van der Waals surface area contributed by atoms with Crippen molar-refractivity contribution in [2.75, 3.05) is 20.2 Å². The van der Waals surface area contributed by atoms with Gasteiger partial charge in [-0.3, -0.25) is 9.59 Å². The van der Waals surface area contributed by atoms with Crippen LogP contribution in [0.15, 0.2) is 41.8 Å². The van der Waals surface area contributed by atoms with Crippen molar-refractivity contribution >= 4 is 23.2 Å². The molecule has 1 aromatic heterocycles. The van der Waals surface area contributed by atoms with Gasteiger partial charge < -0.3 is 15.4 Å². The minimum absolute atomic E-state index is 0.0472. The highest BCUT2D eigenvalue weighted by Crippen LogP contribution is 2.16. The van der Waals surface area contributed by atoms with E-state index in [2.05, 4.69) is 10.6 Å². The Kier molecular flexibility index (Phi) is 5.97. The topological polar surface area (TPSA) is 67.4 Å². The number of methoxy groups -OCH3 is 1. The zero-order valence-corrected chi connectivity index (χ0v) is 13.1. The number of carbonyl (C=O) groups is 2. The molecule has 116 valence electrons. The van der Waals surface area contributed by atoms with E-state index in [0.717, 1.165) is 4.88 Å². The van der Waals surface area contributed by atoms with E-state index in [0.29, 0.717) is 30.8 Å². The van der Waals surface area contributed by atoms with Crippen LogP contribution in [-0.4, -0.2) is 32.0 Å².